The molecule has 0 aromatic rings. The normalized spacial score (nSPS) is 21.1. The number of likely N-dealkylation sites (tertiary alicyclic amines) is 1. The van der Waals surface area contributed by atoms with Gasteiger partial charge in [-0.25, -0.2) is 0 Å². The second-order valence-corrected chi connectivity index (χ2v) is 3.77. The fraction of sp³-hybridized carbons (Fsp3) is 0.833. The Bertz CT molecular complexity index is 141. The van der Waals surface area contributed by atoms with Crippen molar-refractivity contribution in [2.24, 2.45) is 4.99 Å². The highest BCUT2D eigenvalue weighted by atomic mass is 32.2. The fourth-order valence-electron chi connectivity index (χ4n) is 0.973. The molecule has 0 bridgehead atoms. The summed E-state index contributed by atoms with van der Waals surface area (Å²) in [4.78, 5) is 6.37. The molecule has 0 aromatic heterocycles. The van der Waals surface area contributed by atoms with Crippen LogP contribution in [0, 0.1) is 0 Å². The van der Waals surface area contributed by atoms with Gasteiger partial charge in [-0.3, -0.25) is 4.99 Å². The molecule has 0 aromatic carbocycles. The predicted octanol–water partition coefficient (Wildman–Crippen LogP) is 0.949. The zero-order chi connectivity index (χ0) is 7.56. The Morgan fingerprint density at radius 3 is 2.60 bits per heavy atom. The second-order valence-electron chi connectivity index (χ2n) is 2.27. The summed E-state index contributed by atoms with van der Waals surface area (Å²) in [5.41, 5.74) is 0. The van der Waals surface area contributed by atoms with E-state index in [0.717, 1.165) is 18.3 Å². The van der Waals surface area contributed by atoms with Crippen LogP contribution in [0.25, 0.3) is 0 Å². The van der Waals surface area contributed by atoms with E-state index in [0.29, 0.717) is 5.25 Å². The van der Waals surface area contributed by atoms with Gasteiger partial charge in [0, 0.05) is 25.4 Å². The third-order valence-electron chi connectivity index (χ3n) is 1.51. The molecule has 10 heavy (non-hydrogen) atoms. The number of aliphatic imine (C=N–C) groups is 1. The largest absolute Gasteiger partial charge is 0.349 e. The van der Waals surface area contributed by atoms with E-state index in [4.69, 9.17) is 0 Å². The van der Waals surface area contributed by atoms with Gasteiger partial charge in [-0.2, -0.15) is 12.6 Å². The van der Waals surface area contributed by atoms with Crippen LogP contribution in [-0.4, -0.2) is 41.7 Å². The lowest BCUT2D eigenvalue weighted by Gasteiger charge is -2.38. The maximum absolute atomic E-state index is 4.31. The highest BCUT2D eigenvalue weighted by Crippen LogP contribution is 2.17. The Morgan fingerprint density at radius 1 is 1.70 bits per heavy atom. The highest BCUT2D eigenvalue weighted by Gasteiger charge is 2.25. The van der Waals surface area contributed by atoms with Crippen molar-refractivity contribution in [2.45, 2.75) is 5.25 Å². The van der Waals surface area contributed by atoms with Gasteiger partial charge in [0.25, 0.3) is 0 Å². The Hall–Kier alpha value is 0.170. The molecule has 0 radical (unpaired) electrons. The lowest BCUT2D eigenvalue weighted by Crippen LogP contribution is -2.50. The average molecular weight is 176 g/mol. The topological polar surface area (TPSA) is 15.6 Å². The van der Waals surface area contributed by atoms with E-state index in [1.165, 1.54) is 0 Å². The summed E-state index contributed by atoms with van der Waals surface area (Å²) in [6.45, 7) is 2.10. The van der Waals surface area contributed by atoms with E-state index in [-0.39, 0.29) is 0 Å². The quantitative estimate of drug-likeness (QED) is 0.336. The Kier molecular flexibility index (Phi) is 2.92. The molecule has 1 saturated heterocycles. The average Bonchev–Trinajstić information content (AvgIpc) is 1.87. The maximum atomic E-state index is 4.31. The molecule has 0 amide bonds. The van der Waals surface area contributed by atoms with Crippen molar-refractivity contribution in [2.75, 3.05) is 26.4 Å². The first-order chi connectivity index (χ1) is 4.77. The number of thiol groups is 1. The van der Waals surface area contributed by atoms with Crippen LogP contribution in [0.15, 0.2) is 4.99 Å². The van der Waals surface area contributed by atoms with Crippen molar-refractivity contribution in [3.05, 3.63) is 0 Å². The van der Waals surface area contributed by atoms with Gasteiger partial charge in [-0.1, -0.05) is 11.8 Å². The van der Waals surface area contributed by atoms with Crippen molar-refractivity contribution < 1.29 is 0 Å². The summed E-state index contributed by atoms with van der Waals surface area (Å²) in [5.74, 6) is 0. The number of thioether (sulfide) groups is 1. The summed E-state index contributed by atoms with van der Waals surface area (Å²) in [6, 6.07) is 0. The minimum Gasteiger partial charge on any atom is -0.349 e. The minimum absolute atomic E-state index is 0.559. The van der Waals surface area contributed by atoms with E-state index in [9.17, 15) is 0 Å². The molecule has 58 valence electrons. The molecule has 0 saturated carbocycles. The van der Waals surface area contributed by atoms with Gasteiger partial charge in [0.05, 0.1) is 0 Å². The molecule has 0 atom stereocenters. The third kappa shape index (κ3) is 1.61. The summed E-state index contributed by atoms with van der Waals surface area (Å²) < 4.78 is 0. The molecular weight excluding hydrogens is 164 g/mol. The van der Waals surface area contributed by atoms with Crippen molar-refractivity contribution in [3.8, 4) is 0 Å². The number of hydrogen-bond donors (Lipinski definition) is 1. The Labute approximate surface area is 71.5 Å². The van der Waals surface area contributed by atoms with Gasteiger partial charge >= 0.3 is 0 Å². The van der Waals surface area contributed by atoms with Crippen LogP contribution in [0.1, 0.15) is 0 Å². The molecule has 2 nitrogen and oxygen atoms in total. The van der Waals surface area contributed by atoms with Gasteiger partial charge in [0.2, 0.25) is 0 Å². The Balaban J connectivity index is 2.36. The first kappa shape index (κ1) is 8.27. The summed E-state index contributed by atoms with van der Waals surface area (Å²) in [6.07, 6.45) is 2.05. The van der Waals surface area contributed by atoms with Gasteiger partial charge in [-0.15, -0.1) is 0 Å². The number of amidine groups is 1. The number of nitrogens with zero attached hydrogens (tertiary/aromatic N) is 2. The summed E-state index contributed by atoms with van der Waals surface area (Å²) in [7, 11) is 1.83. The van der Waals surface area contributed by atoms with Crippen molar-refractivity contribution in [3.63, 3.8) is 0 Å². The minimum atomic E-state index is 0.559. The zero-order valence-electron chi connectivity index (χ0n) is 6.24. The second kappa shape index (κ2) is 3.53. The van der Waals surface area contributed by atoms with Gasteiger partial charge in [0.15, 0.2) is 5.17 Å². The fourth-order valence-corrected chi connectivity index (χ4v) is 1.96. The van der Waals surface area contributed by atoms with Crippen LogP contribution in [-0.2, 0) is 0 Å². The molecule has 0 N–H and O–H groups in total. The van der Waals surface area contributed by atoms with Crippen LogP contribution < -0.4 is 0 Å². The van der Waals surface area contributed by atoms with E-state index in [2.05, 4.69) is 22.5 Å². The van der Waals surface area contributed by atoms with E-state index >= 15 is 0 Å². The summed E-state index contributed by atoms with van der Waals surface area (Å²) >= 11 is 6.01. The van der Waals surface area contributed by atoms with Crippen molar-refractivity contribution in [1.82, 2.24) is 4.90 Å². The Morgan fingerprint density at radius 2 is 2.30 bits per heavy atom. The number of rotatable bonds is 0. The van der Waals surface area contributed by atoms with Crippen molar-refractivity contribution in [1.29, 1.82) is 0 Å². The molecule has 1 aliphatic heterocycles. The van der Waals surface area contributed by atoms with Crippen LogP contribution >= 0.6 is 24.4 Å². The van der Waals surface area contributed by atoms with Gasteiger partial charge in [-0.05, 0) is 6.26 Å². The first-order valence-corrected chi connectivity index (χ1v) is 4.96. The lowest BCUT2D eigenvalue weighted by molar-refractivity contribution is 0.319. The van der Waals surface area contributed by atoms with E-state index in [1.54, 1.807) is 11.8 Å². The molecule has 0 spiro atoms. The number of hydrogen-bond acceptors (Lipinski definition) is 3. The SMILES string of the molecule is CN=C(SC)N1CC(S)C1. The standard InChI is InChI=1S/C6H12N2S2/c1-7-6(10-2)8-3-5(9)4-8/h5,9H,3-4H2,1-2H3. The summed E-state index contributed by atoms with van der Waals surface area (Å²) in [5, 5.41) is 1.69. The molecule has 0 aliphatic carbocycles. The van der Waals surface area contributed by atoms with E-state index in [1.807, 2.05) is 13.3 Å². The van der Waals surface area contributed by atoms with Crippen LogP contribution in [0.4, 0.5) is 0 Å². The molecule has 1 rings (SSSR count). The molecule has 1 aliphatic rings. The van der Waals surface area contributed by atoms with Crippen LogP contribution in [0.5, 0.6) is 0 Å². The molecule has 0 unspecified atom stereocenters. The van der Waals surface area contributed by atoms with Gasteiger partial charge < -0.3 is 4.90 Å². The lowest BCUT2D eigenvalue weighted by atomic mass is 10.2. The highest BCUT2D eigenvalue weighted by molar-refractivity contribution is 8.13. The molecule has 1 heterocycles. The van der Waals surface area contributed by atoms with Crippen LogP contribution in [0.2, 0.25) is 0 Å². The molecule has 1 fully saturated rings. The maximum Gasteiger partial charge on any atom is 0.158 e. The molecular formula is C6H12N2S2. The van der Waals surface area contributed by atoms with Gasteiger partial charge in [0.1, 0.15) is 0 Å². The predicted molar refractivity (Wildman–Crippen MR) is 51.2 cm³/mol. The van der Waals surface area contributed by atoms with Crippen LogP contribution in [0.3, 0.4) is 0 Å². The van der Waals surface area contributed by atoms with E-state index < -0.39 is 0 Å². The smallest absolute Gasteiger partial charge is 0.158 e. The third-order valence-corrected chi connectivity index (χ3v) is 2.64. The monoisotopic (exact) mass is 176 g/mol. The molecule has 4 heteroatoms. The zero-order valence-corrected chi connectivity index (χ0v) is 7.95. The first-order valence-electron chi connectivity index (χ1n) is 3.21. The van der Waals surface area contributed by atoms with Crippen molar-refractivity contribution >= 4 is 29.6 Å².